The predicted molar refractivity (Wildman–Crippen MR) is 81.1 cm³/mol. The maximum Gasteiger partial charge on any atom is 0.250 e. The minimum absolute atomic E-state index is 0.0770. The molecule has 0 atom stereocenters. The van der Waals surface area contributed by atoms with Crippen molar-refractivity contribution in [2.45, 2.75) is 19.9 Å². The van der Waals surface area contributed by atoms with Crippen LogP contribution in [0.25, 0.3) is 0 Å². The molecular formula is C16H17N3O2. The van der Waals surface area contributed by atoms with Gasteiger partial charge in [0.1, 0.15) is 5.75 Å². The van der Waals surface area contributed by atoms with Gasteiger partial charge in [-0.25, -0.2) is 0 Å². The third-order valence-corrected chi connectivity index (χ3v) is 3.12. The van der Waals surface area contributed by atoms with Crippen LogP contribution in [-0.4, -0.2) is 11.2 Å². The number of aryl methyl sites for hydroxylation is 2. The number of hydrogen-bond donors (Lipinski definition) is 1. The zero-order valence-electron chi connectivity index (χ0n) is 11.9. The van der Waals surface area contributed by atoms with E-state index in [0.717, 1.165) is 5.56 Å². The van der Waals surface area contributed by atoms with Gasteiger partial charge in [0.05, 0.1) is 18.2 Å². The largest absolute Gasteiger partial charge is 0.493 e. The molecule has 0 amide bonds. The van der Waals surface area contributed by atoms with Crippen molar-refractivity contribution in [2.24, 2.45) is 0 Å². The fourth-order valence-corrected chi connectivity index (χ4v) is 1.97. The number of pyridine rings is 1. The molecule has 2 N–H and O–H groups in total. The Balaban J connectivity index is 1.92. The lowest BCUT2D eigenvalue weighted by Gasteiger charge is -2.10. The summed E-state index contributed by atoms with van der Waals surface area (Å²) in [7, 11) is 0. The molecule has 5 heteroatoms. The smallest absolute Gasteiger partial charge is 0.250 e. The van der Waals surface area contributed by atoms with Gasteiger partial charge in [-0.3, -0.25) is 4.79 Å². The quantitative estimate of drug-likeness (QED) is 0.852. The molecule has 0 aliphatic carbocycles. The monoisotopic (exact) mass is 283 g/mol. The Morgan fingerprint density at radius 1 is 1.33 bits per heavy atom. The molecule has 0 aliphatic heterocycles. The van der Waals surface area contributed by atoms with E-state index in [1.54, 1.807) is 29.0 Å². The first kappa shape index (κ1) is 14.7. The summed E-state index contributed by atoms with van der Waals surface area (Å²) in [5, 5.41) is 8.87. The van der Waals surface area contributed by atoms with E-state index >= 15 is 0 Å². The van der Waals surface area contributed by atoms with Crippen molar-refractivity contribution in [3.63, 3.8) is 0 Å². The van der Waals surface area contributed by atoms with Gasteiger partial charge in [-0.05, 0) is 37.1 Å². The van der Waals surface area contributed by atoms with Gasteiger partial charge in [-0.15, -0.1) is 0 Å². The maximum atomic E-state index is 11.6. The first-order chi connectivity index (χ1) is 10.1. The molecule has 21 heavy (non-hydrogen) atoms. The van der Waals surface area contributed by atoms with Crippen LogP contribution in [0.5, 0.6) is 5.75 Å². The fraction of sp³-hybridized carbons (Fsp3) is 0.250. The summed E-state index contributed by atoms with van der Waals surface area (Å²) in [5.41, 5.74) is 7.69. The maximum absolute atomic E-state index is 11.6. The molecular weight excluding hydrogens is 266 g/mol. The second-order valence-electron chi connectivity index (χ2n) is 4.79. The van der Waals surface area contributed by atoms with Crippen molar-refractivity contribution in [2.75, 3.05) is 12.3 Å². The highest BCUT2D eigenvalue weighted by Gasteiger charge is 2.02. The summed E-state index contributed by atoms with van der Waals surface area (Å²) in [4.78, 5) is 11.6. The van der Waals surface area contributed by atoms with Gasteiger partial charge in [0, 0.05) is 24.5 Å². The zero-order chi connectivity index (χ0) is 15.2. The van der Waals surface area contributed by atoms with Gasteiger partial charge < -0.3 is 15.0 Å². The minimum atomic E-state index is -0.0770. The predicted octanol–water partition coefficient (Wildman–Crippen LogP) is 2.08. The average Bonchev–Trinajstić information content (AvgIpc) is 2.48. The number of benzene rings is 1. The molecule has 108 valence electrons. The lowest BCUT2D eigenvalue weighted by atomic mass is 10.1. The second kappa shape index (κ2) is 6.62. The Kier molecular flexibility index (Phi) is 4.62. The van der Waals surface area contributed by atoms with E-state index < -0.39 is 0 Å². The highest BCUT2D eigenvalue weighted by atomic mass is 16.5. The Hall–Kier alpha value is -2.74. The molecule has 0 saturated carbocycles. The highest BCUT2D eigenvalue weighted by molar-refractivity contribution is 5.41. The molecule has 0 unspecified atom stereocenters. The van der Waals surface area contributed by atoms with E-state index in [0.29, 0.717) is 36.6 Å². The third kappa shape index (κ3) is 3.86. The molecule has 0 saturated heterocycles. The summed E-state index contributed by atoms with van der Waals surface area (Å²) < 4.78 is 7.24. The number of rotatable bonds is 5. The number of nitrogens with zero attached hydrogens (tertiary/aromatic N) is 2. The number of nitrogen functional groups attached to an aromatic ring is 1. The van der Waals surface area contributed by atoms with Crippen LogP contribution in [0.3, 0.4) is 0 Å². The van der Waals surface area contributed by atoms with Crippen LogP contribution < -0.4 is 16.0 Å². The molecule has 0 spiro atoms. The van der Waals surface area contributed by atoms with Crippen LogP contribution in [0.2, 0.25) is 0 Å². The lowest BCUT2D eigenvalue weighted by Crippen LogP contribution is -2.20. The van der Waals surface area contributed by atoms with E-state index in [2.05, 4.69) is 6.07 Å². The molecule has 1 aromatic carbocycles. The number of ether oxygens (including phenoxy) is 1. The standard InChI is InChI=1S/C16H17N3O2/c1-12-3-4-13(10-17)9-15(12)21-8-2-7-19-11-14(18)5-6-16(19)20/h3-6,9,11H,2,7-8,18H2,1H3. The van der Waals surface area contributed by atoms with Crippen LogP contribution in [0.1, 0.15) is 17.5 Å². The summed E-state index contributed by atoms with van der Waals surface area (Å²) in [6, 6.07) is 10.5. The van der Waals surface area contributed by atoms with Crippen molar-refractivity contribution in [1.82, 2.24) is 4.57 Å². The Bertz CT molecular complexity index is 729. The van der Waals surface area contributed by atoms with Crippen LogP contribution in [0, 0.1) is 18.3 Å². The number of nitrogens with two attached hydrogens (primary N) is 1. The Labute approximate surface area is 123 Å². The third-order valence-electron chi connectivity index (χ3n) is 3.12. The summed E-state index contributed by atoms with van der Waals surface area (Å²) in [6.45, 7) is 2.94. The van der Waals surface area contributed by atoms with E-state index in [9.17, 15) is 4.79 Å². The molecule has 1 heterocycles. The van der Waals surface area contributed by atoms with Gasteiger partial charge in [0.2, 0.25) is 0 Å². The summed E-state index contributed by atoms with van der Waals surface area (Å²) >= 11 is 0. The SMILES string of the molecule is Cc1ccc(C#N)cc1OCCCn1cc(N)ccc1=O. The van der Waals surface area contributed by atoms with E-state index in [4.69, 9.17) is 15.7 Å². The molecule has 1 aromatic heterocycles. The molecule has 0 fully saturated rings. The fourth-order valence-electron chi connectivity index (χ4n) is 1.97. The molecule has 2 rings (SSSR count). The van der Waals surface area contributed by atoms with Gasteiger partial charge >= 0.3 is 0 Å². The topological polar surface area (TPSA) is 81.0 Å². The number of aromatic nitrogens is 1. The molecule has 0 radical (unpaired) electrons. The molecule has 5 nitrogen and oxygen atoms in total. The van der Waals surface area contributed by atoms with Crippen molar-refractivity contribution < 1.29 is 4.74 Å². The zero-order valence-corrected chi connectivity index (χ0v) is 11.9. The average molecular weight is 283 g/mol. The van der Waals surface area contributed by atoms with Gasteiger partial charge in [0.25, 0.3) is 5.56 Å². The number of hydrogen-bond acceptors (Lipinski definition) is 4. The molecule has 0 aliphatic rings. The second-order valence-corrected chi connectivity index (χ2v) is 4.79. The van der Waals surface area contributed by atoms with Crippen LogP contribution in [0.15, 0.2) is 41.3 Å². The number of anilines is 1. The normalized spacial score (nSPS) is 10.1. The van der Waals surface area contributed by atoms with Crippen LogP contribution >= 0.6 is 0 Å². The molecule has 0 bridgehead atoms. The van der Waals surface area contributed by atoms with Crippen LogP contribution in [-0.2, 0) is 6.54 Å². The van der Waals surface area contributed by atoms with Crippen LogP contribution in [0.4, 0.5) is 5.69 Å². The Morgan fingerprint density at radius 2 is 2.14 bits per heavy atom. The van der Waals surface area contributed by atoms with Crippen molar-refractivity contribution in [1.29, 1.82) is 5.26 Å². The Morgan fingerprint density at radius 3 is 2.90 bits per heavy atom. The lowest BCUT2D eigenvalue weighted by molar-refractivity contribution is 0.299. The van der Waals surface area contributed by atoms with E-state index in [1.165, 1.54) is 6.07 Å². The summed E-state index contributed by atoms with van der Waals surface area (Å²) in [5.74, 6) is 0.703. The first-order valence-electron chi connectivity index (χ1n) is 6.69. The van der Waals surface area contributed by atoms with Crippen molar-refractivity contribution >= 4 is 5.69 Å². The highest BCUT2D eigenvalue weighted by Crippen LogP contribution is 2.19. The van der Waals surface area contributed by atoms with Crippen molar-refractivity contribution in [3.05, 3.63) is 58.0 Å². The van der Waals surface area contributed by atoms with Gasteiger partial charge in [0.15, 0.2) is 0 Å². The van der Waals surface area contributed by atoms with Crippen molar-refractivity contribution in [3.8, 4) is 11.8 Å². The minimum Gasteiger partial charge on any atom is -0.493 e. The van der Waals surface area contributed by atoms with E-state index in [-0.39, 0.29) is 5.56 Å². The number of nitriles is 1. The van der Waals surface area contributed by atoms with Gasteiger partial charge in [-0.2, -0.15) is 5.26 Å². The van der Waals surface area contributed by atoms with E-state index in [1.807, 2.05) is 13.0 Å². The molecule has 2 aromatic rings. The van der Waals surface area contributed by atoms with Gasteiger partial charge in [-0.1, -0.05) is 6.07 Å². The first-order valence-corrected chi connectivity index (χ1v) is 6.69. The summed E-state index contributed by atoms with van der Waals surface area (Å²) in [6.07, 6.45) is 2.31.